The SMILES string of the molecule is O=C(NCCC1=CCCCCC1)c1cc(N2CCCC2=O)ccc1F. The van der Waals surface area contributed by atoms with Crippen LogP contribution in [-0.2, 0) is 4.79 Å². The zero-order valence-corrected chi connectivity index (χ0v) is 14.5. The molecule has 0 aromatic heterocycles. The first-order valence-electron chi connectivity index (χ1n) is 9.21. The van der Waals surface area contributed by atoms with Crippen molar-refractivity contribution in [2.24, 2.45) is 0 Å². The smallest absolute Gasteiger partial charge is 0.254 e. The van der Waals surface area contributed by atoms with Crippen molar-refractivity contribution in [1.29, 1.82) is 0 Å². The number of hydrogen-bond donors (Lipinski definition) is 1. The number of carbonyl (C=O) groups is 2. The number of rotatable bonds is 5. The van der Waals surface area contributed by atoms with Crippen molar-refractivity contribution in [3.05, 3.63) is 41.2 Å². The standard InChI is InChI=1S/C20H25FN2O2/c21-18-10-9-16(23-13-5-8-19(23)24)14-17(18)20(25)22-12-11-15-6-3-1-2-4-7-15/h6,9-10,14H,1-5,7-8,11-13H2,(H,22,25). The zero-order valence-electron chi connectivity index (χ0n) is 14.5. The van der Waals surface area contributed by atoms with Gasteiger partial charge in [0.15, 0.2) is 0 Å². The molecule has 4 nitrogen and oxygen atoms in total. The summed E-state index contributed by atoms with van der Waals surface area (Å²) in [5.74, 6) is -0.944. The monoisotopic (exact) mass is 344 g/mol. The van der Waals surface area contributed by atoms with E-state index in [0.717, 1.165) is 25.7 Å². The summed E-state index contributed by atoms with van der Waals surface area (Å²) in [6.07, 6.45) is 10.3. The Morgan fingerprint density at radius 2 is 2.04 bits per heavy atom. The topological polar surface area (TPSA) is 49.4 Å². The Kier molecular flexibility index (Phi) is 5.84. The first-order valence-corrected chi connectivity index (χ1v) is 9.21. The van der Waals surface area contributed by atoms with Crippen LogP contribution in [0.4, 0.5) is 10.1 Å². The van der Waals surface area contributed by atoms with Crippen molar-refractivity contribution in [2.75, 3.05) is 18.0 Å². The van der Waals surface area contributed by atoms with Crippen LogP contribution < -0.4 is 10.2 Å². The van der Waals surface area contributed by atoms with Crippen molar-refractivity contribution in [3.8, 4) is 0 Å². The molecule has 2 aliphatic rings. The number of halogens is 1. The first-order chi connectivity index (χ1) is 12.1. The van der Waals surface area contributed by atoms with Crippen LogP contribution >= 0.6 is 0 Å². The molecular formula is C20H25FN2O2. The summed E-state index contributed by atoms with van der Waals surface area (Å²) in [5.41, 5.74) is 1.99. The maximum absolute atomic E-state index is 14.1. The van der Waals surface area contributed by atoms with Crippen LogP contribution in [-0.4, -0.2) is 24.9 Å². The number of allylic oxidation sites excluding steroid dienone is 1. The Labute approximate surface area is 148 Å². The second-order valence-corrected chi connectivity index (χ2v) is 6.78. The Balaban J connectivity index is 1.61. The molecule has 0 atom stereocenters. The fourth-order valence-electron chi connectivity index (χ4n) is 3.52. The van der Waals surface area contributed by atoms with E-state index in [1.165, 1.54) is 37.0 Å². The normalized spacial score (nSPS) is 18.0. The molecule has 1 aliphatic heterocycles. The predicted molar refractivity (Wildman–Crippen MR) is 96.1 cm³/mol. The van der Waals surface area contributed by atoms with Crippen LogP contribution in [0.25, 0.3) is 0 Å². The van der Waals surface area contributed by atoms with Crippen molar-refractivity contribution >= 4 is 17.5 Å². The highest BCUT2D eigenvalue weighted by molar-refractivity contribution is 5.99. The highest BCUT2D eigenvalue weighted by Gasteiger charge is 2.23. The van der Waals surface area contributed by atoms with Crippen LogP contribution in [0.2, 0.25) is 0 Å². The molecule has 0 bridgehead atoms. The molecule has 1 saturated heterocycles. The van der Waals surface area contributed by atoms with Crippen LogP contribution in [0.5, 0.6) is 0 Å². The molecule has 0 unspecified atom stereocenters. The second kappa shape index (κ2) is 8.28. The zero-order chi connectivity index (χ0) is 17.6. The van der Waals surface area contributed by atoms with Gasteiger partial charge in [0.25, 0.3) is 5.91 Å². The first kappa shape index (κ1) is 17.6. The van der Waals surface area contributed by atoms with E-state index in [1.54, 1.807) is 11.0 Å². The van der Waals surface area contributed by atoms with Crippen LogP contribution in [0.1, 0.15) is 61.7 Å². The average molecular weight is 344 g/mol. The molecule has 1 heterocycles. The largest absolute Gasteiger partial charge is 0.352 e. The van der Waals surface area contributed by atoms with Crippen LogP contribution in [0.15, 0.2) is 29.8 Å². The Morgan fingerprint density at radius 1 is 1.16 bits per heavy atom. The third-order valence-electron chi connectivity index (χ3n) is 4.95. The van der Waals surface area contributed by atoms with Gasteiger partial charge < -0.3 is 10.2 Å². The maximum Gasteiger partial charge on any atom is 0.254 e. The van der Waals surface area contributed by atoms with Gasteiger partial charge in [0, 0.05) is 25.2 Å². The third kappa shape index (κ3) is 4.47. The number of benzene rings is 1. The van der Waals surface area contributed by atoms with Crippen LogP contribution in [0.3, 0.4) is 0 Å². The van der Waals surface area contributed by atoms with Gasteiger partial charge in [0.1, 0.15) is 5.82 Å². The van der Waals surface area contributed by atoms with E-state index >= 15 is 0 Å². The van der Waals surface area contributed by atoms with Crippen molar-refractivity contribution < 1.29 is 14.0 Å². The molecule has 5 heteroatoms. The Hall–Kier alpha value is -2.17. The maximum atomic E-state index is 14.1. The highest BCUT2D eigenvalue weighted by atomic mass is 19.1. The summed E-state index contributed by atoms with van der Waals surface area (Å²) in [5, 5.41) is 2.81. The Morgan fingerprint density at radius 3 is 2.84 bits per heavy atom. The van der Waals surface area contributed by atoms with E-state index < -0.39 is 11.7 Å². The number of hydrogen-bond acceptors (Lipinski definition) is 2. The van der Waals surface area contributed by atoms with E-state index in [1.807, 2.05) is 0 Å². The van der Waals surface area contributed by atoms with Gasteiger partial charge in [-0.3, -0.25) is 9.59 Å². The molecule has 0 saturated carbocycles. The lowest BCUT2D eigenvalue weighted by Gasteiger charge is -2.17. The molecule has 0 spiro atoms. The van der Waals surface area contributed by atoms with Gasteiger partial charge in [-0.2, -0.15) is 0 Å². The fourth-order valence-corrected chi connectivity index (χ4v) is 3.52. The summed E-state index contributed by atoms with van der Waals surface area (Å²) >= 11 is 0. The van der Waals surface area contributed by atoms with Gasteiger partial charge in [-0.05, 0) is 56.7 Å². The number of carbonyl (C=O) groups excluding carboxylic acids is 2. The molecule has 1 aromatic rings. The average Bonchev–Trinajstić information content (AvgIpc) is 2.87. The molecule has 1 fully saturated rings. The minimum Gasteiger partial charge on any atom is -0.352 e. The number of nitrogens with zero attached hydrogens (tertiary/aromatic N) is 1. The fraction of sp³-hybridized carbons (Fsp3) is 0.500. The van der Waals surface area contributed by atoms with Gasteiger partial charge in [-0.1, -0.05) is 18.1 Å². The van der Waals surface area contributed by atoms with Crippen molar-refractivity contribution in [3.63, 3.8) is 0 Å². The molecule has 0 radical (unpaired) electrons. The quantitative estimate of drug-likeness (QED) is 0.822. The third-order valence-corrected chi connectivity index (χ3v) is 4.95. The van der Waals surface area contributed by atoms with E-state index in [0.29, 0.717) is 25.2 Å². The van der Waals surface area contributed by atoms with E-state index in [4.69, 9.17) is 0 Å². The van der Waals surface area contributed by atoms with Gasteiger partial charge in [-0.25, -0.2) is 4.39 Å². The molecule has 1 aromatic carbocycles. The minimum atomic E-state index is -0.554. The predicted octanol–water partition coefficient (Wildman–Crippen LogP) is 3.96. The minimum absolute atomic E-state index is 0.00652. The summed E-state index contributed by atoms with van der Waals surface area (Å²) in [6, 6.07) is 4.31. The molecule has 1 aliphatic carbocycles. The highest BCUT2D eigenvalue weighted by Crippen LogP contribution is 2.24. The van der Waals surface area contributed by atoms with E-state index in [9.17, 15) is 14.0 Å². The molecule has 1 N–H and O–H groups in total. The number of anilines is 1. The Bertz CT molecular complexity index is 684. The second-order valence-electron chi connectivity index (χ2n) is 6.78. The molecule has 25 heavy (non-hydrogen) atoms. The molecule has 3 rings (SSSR count). The summed E-state index contributed by atoms with van der Waals surface area (Å²) in [7, 11) is 0. The molecule has 2 amide bonds. The molecule has 134 valence electrons. The van der Waals surface area contributed by atoms with Crippen molar-refractivity contribution in [1.82, 2.24) is 5.32 Å². The number of nitrogens with one attached hydrogen (secondary N) is 1. The van der Waals surface area contributed by atoms with Crippen LogP contribution in [0, 0.1) is 5.82 Å². The van der Waals surface area contributed by atoms with Gasteiger partial charge >= 0.3 is 0 Å². The van der Waals surface area contributed by atoms with Gasteiger partial charge in [-0.15, -0.1) is 0 Å². The lowest BCUT2D eigenvalue weighted by atomic mass is 10.1. The van der Waals surface area contributed by atoms with E-state index in [-0.39, 0.29) is 11.5 Å². The number of amides is 2. The lowest BCUT2D eigenvalue weighted by Crippen LogP contribution is -2.27. The summed E-state index contributed by atoms with van der Waals surface area (Å²) < 4.78 is 14.1. The summed E-state index contributed by atoms with van der Waals surface area (Å²) in [6.45, 7) is 1.14. The van der Waals surface area contributed by atoms with Crippen molar-refractivity contribution in [2.45, 2.75) is 51.4 Å². The van der Waals surface area contributed by atoms with E-state index in [2.05, 4.69) is 11.4 Å². The summed E-state index contributed by atoms with van der Waals surface area (Å²) in [4.78, 5) is 25.8. The lowest BCUT2D eigenvalue weighted by molar-refractivity contribution is -0.117. The van der Waals surface area contributed by atoms with Gasteiger partial charge in [0.05, 0.1) is 5.56 Å². The molecular weight excluding hydrogens is 319 g/mol. The van der Waals surface area contributed by atoms with Gasteiger partial charge in [0.2, 0.25) is 5.91 Å².